The Kier molecular flexibility index (Phi) is 6.45. The minimum atomic E-state index is -0.295. The molecule has 0 saturated heterocycles. The van der Waals surface area contributed by atoms with Crippen LogP contribution in [0.3, 0.4) is 0 Å². The van der Waals surface area contributed by atoms with Crippen LogP contribution in [0.2, 0.25) is 5.02 Å². The molecular weight excluding hydrogens is 400 g/mol. The Hall–Kier alpha value is -0.650. The summed E-state index contributed by atoms with van der Waals surface area (Å²) in [6.45, 7) is 3.08. The van der Waals surface area contributed by atoms with Crippen molar-refractivity contribution in [1.29, 1.82) is 0 Å². The van der Waals surface area contributed by atoms with E-state index >= 15 is 0 Å². The van der Waals surface area contributed by atoms with Gasteiger partial charge in [-0.2, -0.15) is 0 Å². The highest BCUT2D eigenvalue weighted by Crippen LogP contribution is 2.27. The first-order valence-corrected chi connectivity index (χ1v) is 8.49. The van der Waals surface area contributed by atoms with Gasteiger partial charge in [-0.1, -0.05) is 42.8 Å². The number of hydrogen-bond donors (Lipinski definition) is 1. The molecule has 0 radical (unpaired) electrons. The van der Waals surface area contributed by atoms with Crippen LogP contribution in [-0.4, -0.2) is 6.54 Å². The topological polar surface area (TPSA) is 12.0 Å². The second kappa shape index (κ2) is 8.11. The molecule has 0 aromatic heterocycles. The van der Waals surface area contributed by atoms with Gasteiger partial charge in [-0.05, 0) is 71.3 Å². The fourth-order valence-corrected chi connectivity index (χ4v) is 3.28. The molecule has 0 fully saturated rings. The molecular formula is C17H18ClFIN. The summed E-state index contributed by atoms with van der Waals surface area (Å²) in [6.07, 6.45) is 1.82. The lowest BCUT2D eigenvalue weighted by Crippen LogP contribution is -2.25. The maximum Gasteiger partial charge on any atom is 0.124 e. The van der Waals surface area contributed by atoms with Crippen LogP contribution in [-0.2, 0) is 6.42 Å². The van der Waals surface area contributed by atoms with Crippen LogP contribution in [0.1, 0.15) is 30.5 Å². The van der Waals surface area contributed by atoms with Crippen LogP contribution < -0.4 is 5.32 Å². The predicted octanol–water partition coefficient (Wildman–Crippen LogP) is 5.37. The molecule has 0 aliphatic rings. The summed E-state index contributed by atoms with van der Waals surface area (Å²) in [5.74, 6) is -0.295. The average Bonchev–Trinajstić information content (AvgIpc) is 2.46. The van der Waals surface area contributed by atoms with Gasteiger partial charge in [0.25, 0.3) is 0 Å². The molecule has 0 bridgehead atoms. The van der Waals surface area contributed by atoms with E-state index in [0.29, 0.717) is 5.02 Å². The van der Waals surface area contributed by atoms with E-state index < -0.39 is 0 Å². The number of nitrogens with one attached hydrogen (secondary N) is 1. The molecule has 0 aliphatic carbocycles. The van der Waals surface area contributed by atoms with E-state index in [9.17, 15) is 4.39 Å². The zero-order valence-electron chi connectivity index (χ0n) is 11.9. The van der Waals surface area contributed by atoms with Crippen LogP contribution in [0.4, 0.5) is 4.39 Å². The molecule has 0 aliphatic heterocycles. The summed E-state index contributed by atoms with van der Waals surface area (Å²) in [5, 5.41) is 4.05. The molecule has 1 atom stereocenters. The quantitative estimate of drug-likeness (QED) is 0.623. The fraction of sp³-hybridized carbons (Fsp3) is 0.294. The first-order chi connectivity index (χ1) is 10.1. The van der Waals surface area contributed by atoms with E-state index in [0.717, 1.165) is 24.9 Å². The number of hydrogen-bond acceptors (Lipinski definition) is 1. The summed E-state index contributed by atoms with van der Waals surface area (Å²) in [6, 6.07) is 13.1. The third kappa shape index (κ3) is 4.66. The number of halogens is 3. The smallest absolute Gasteiger partial charge is 0.124 e. The Morgan fingerprint density at radius 3 is 2.67 bits per heavy atom. The van der Waals surface area contributed by atoms with E-state index in [1.54, 1.807) is 6.07 Å². The summed E-state index contributed by atoms with van der Waals surface area (Å²) in [5.41, 5.74) is 2.22. The van der Waals surface area contributed by atoms with Crippen LogP contribution in [0, 0.1) is 9.39 Å². The molecule has 0 spiro atoms. The van der Waals surface area contributed by atoms with Crippen molar-refractivity contribution in [2.24, 2.45) is 0 Å². The average molecular weight is 418 g/mol. The van der Waals surface area contributed by atoms with Gasteiger partial charge in [0.2, 0.25) is 0 Å². The molecule has 2 aromatic carbocycles. The maximum atomic E-state index is 13.2. The normalized spacial score (nSPS) is 12.4. The van der Waals surface area contributed by atoms with Gasteiger partial charge in [-0.25, -0.2) is 4.39 Å². The summed E-state index contributed by atoms with van der Waals surface area (Å²) >= 11 is 8.52. The second-order valence-corrected chi connectivity index (χ2v) is 6.54. The molecule has 4 heteroatoms. The van der Waals surface area contributed by atoms with E-state index in [1.165, 1.54) is 21.3 Å². The van der Waals surface area contributed by atoms with Crippen molar-refractivity contribution >= 4 is 34.2 Å². The Morgan fingerprint density at radius 2 is 2.00 bits per heavy atom. The lowest BCUT2D eigenvalue weighted by Gasteiger charge is -2.21. The molecule has 112 valence electrons. The molecule has 1 unspecified atom stereocenters. The summed E-state index contributed by atoms with van der Waals surface area (Å²) < 4.78 is 14.4. The predicted molar refractivity (Wildman–Crippen MR) is 95.3 cm³/mol. The van der Waals surface area contributed by atoms with E-state index in [4.69, 9.17) is 11.6 Å². The highest BCUT2D eigenvalue weighted by Gasteiger charge is 2.16. The molecule has 0 saturated carbocycles. The van der Waals surface area contributed by atoms with Crippen LogP contribution >= 0.6 is 34.2 Å². The van der Waals surface area contributed by atoms with Gasteiger partial charge in [0, 0.05) is 14.6 Å². The third-order valence-corrected chi connectivity index (χ3v) is 4.69. The van der Waals surface area contributed by atoms with Crippen molar-refractivity contribution in [3.05, 3.63) is 68.0 Å². The van der Waals surface area contributed by atoms with Crippen molar-refractivity contribution in [1.82, 2.24) is 5.32 Å². The van der Waals surface area contributed by atoms with Gasteiger partial charge >= 0.3 is 0 Å². The Balaban J connectivity index is 2.26. The number of rotatable bonds is 6. The van der Waals surface area contributed by atoms with Gasteiger partial charge in [-0.3, -0.25) is 0 Å². The van der Waals surface area contributed by atoms with Gasteiger partial charge in [0.05, 0.1) is 0 Å². The van der Waals surface area contributed by atoms with E-state index in [1.807, 2.05) is 12.1 Å². The van der Waals surface area contributed by atoms with Crippen LogP contribution in [0.15, 0.2) is 42.5 Å². The highest BCUT2D eigenvalue weighted by atomic mass is 127. The van der Waals surface area contributed by atoms with Gasteiger partial charge in [0.15, 0.2) is 0 Å². The number of benzene rings is 2. The van der Waals surface area contributed by atoms with Gasteiger partial charge in [-0.15, -0.1) is 0 Å². The molecule has 1 nitrogen and oxygen atoms in total. The van der Waals surface area contributed by atoms with Crippen molar-refractivity contribution in [3.8, 4) is 0 Å². The second-order valence-electron chi connectivity index (χ2n) is 4.97. The zero-order chi connectivity index (χ0) is 15.2. The molecule has 2 aromatic rings. The summed E-state index contributed by atoms with van der Waals surface area (Å²) in [4.78, 5) is 0. The maximum absolute atomic E-state index is 13.2. The van der Waals surface area contributed by atoms with E-state index in [2.05, 4.69) is 47.0 Å². The minimum Gasteiger partial charge on any atom is -0.310 e. The Bertz CT molecular complexity index is 603. The SMILES string of the molecule is CCCNC(Cc1ccc(F)cc1Cl)c1ccccc1I. The van der Waals surface area contributed by atoms with Crippen LogP contribution in [0.25, 0.3) is 0 Å². The molecule has 1 N–H and O–H groups in total. The molecule has 0 amide bonds. The largest absolute Gasteiger partial charge is 0.310 e. The Morgan fingerprint density at radius 1 is 1.24 bits per heavy atom. The van der Waals surface area contributed by atoms with Crippen LogP contribution in [0.5, 0.6) is 0 Å². The first-order valence-electron chi connectivity index (χ1n) is 7.03. The monoisotopic (exact) mass is 417 g/mol. The molecule has 0 heterocycles. The summed E-state index contributed by atoms with van der Waals surface area (Å²) in [7, 11) is 0. The van der Waals surface area contributed by atoms with Crippen molar-refractivity contribution < 1.29 is 4.39 Å². The minimum absolute atomic E-state index is 0.181. The first kappa shape index (κ1) is 16.7. The molecule has 2 rings (SSSR count). The highest BCUT2D eigenvalue weighted by molar-refractivity contribution is 14.1. The van der Waals surface area contributed by atoms with Crippen molar-refractivity contribution in [2.45, 2.75) is 25.8 Å². The lowest BCUT2D eigenvalue weighted by molar-refractivity contribution is 0.527. The Labute approximate surface area is 144 Å². The van der Waals surface area contributed by atoms with Gasteiger partial charge in [0.1, 0.15) is 5.82 Å². The zero-order valence-corrected chi connectivity index (χ0v) is 14.8. The van der Waals surface area contributed by atoms with E-state index in [-0.39, 0.29) is 11.9 Å². The fourth-order valence-electron chi connectivity index (χ4n) is 2.28. The van der Waals surface area contributed by atoms with Crippen molar-refractivity contribution in [3.63, 3.8) is 0 Å². The lowest BCUT2D eigenvalue weighted by atomic mass is 9.98. The standard InChI is InChI=1S/C17H18ClFIN/c1-2-9-21-17(14-5-3-4-6-16(14)20)10-12-7-8-13(19)11-15(12)18/h3-8,11,17,21H,2,9-10H2,1H3. The van der Waals surface area contributed by atoms with Crippen molar-refractivity contribution in [2.75, 3.05) is 6.54 Å². The third-order valence-electron chi connectivity index (χ3n) is 3.36. The molecule has 21 heavy (non-hydrogen) atoms. The van der Waals surface area contributed by atoms with Gasteiger partial charge < -0.3 is 5.32 Å².